The second-order valence-electron chi connectivity index (χ2n) is 6.28. The normalized spacial score (nSPS) is 11.0. The number of hydrogen-bond donors (Lipinski definition) is 1. The number of nitrogens with one attached hydrogen (secondary N) is 1. The molecule has 1 amide bonds. The number of anilines is 2. The minimum Gasteiger partial charge on any atom is -0.324 e. The quantitative estimate of drug-likeness (QED) is 0.388. The van der Waals surface area contributed by atoms with Crippen molar-refractivity contribution in [1.29, 1.82) is 0 Å². The van der Waals surface area contributed by atoms with Gasteiger partial charge in [-0.3, -0.25) is 19.2 Å². The van der Waals surface area contributed by atoms with Gasteiger partial charge >= 0.3 is 0 Å². The van der Waals surface area contributed by atoms with Crippen molar-refractivity contribution < 1.29 is 18.1 Å². The number of carbonyl (C=O) groups is 1. The van der Waals surface area contributed by atoms with Crippen LogP contribution in [0.3, 0.4) is 0 Å². The third-order valence-corrected chi connectivity index (χ3v) is 6.68. The van der Waals surface area contributed by atoms with E-state index in [1.54, 1.807) is 18.2 Å². The molecule has 8 nitrogen and oxygen atoms in total. The second kappa shape index (κ2) is 9.34. The van der Waals surface area contributed by atoms with E-state index >= 15 is 0 Å². The molecule has 0 saturated heterocycles. The van der Waals surface area contributed by atoms with Gasteiger partial charge in [-0.05, 0) is 36.4 Å². The fourth-order valence-corrected chi connectivity index (χ4v) is 4.43. The van der Waals surface area contributed by atoms with Crippen molar-refractivity contribution in [2.24, 2.45) is 0 Å². The van der Waals surface area contributed by atoms with Crippen molar-refractivity contribution in [2.45, 2.75) is 4.90 Å². The predicted molar refractivity (Wildman–Crippen MR) is 119 cm³/mol. The first kappa shape index (κ1) is 22.5. The molecule has 0 aliphatic carbocycles. The lowest BCUT2D eigenvalue weighted by atomic mass is 10.3. The molecule has 0 saturated carbocycles. The average molecular weight is 480 g/mol. The van der Waals surface area contributed by atoms with E-state index in [2.05, 4.69) is 5.32 Å². The maximum absolute atomic E-state index is 13.2. The number of carbonyl (C=O) groups excluding carboxylic acids is 1. The van der Waals surface area contributed by atoms with Crippen LogP contribution in [0.15, 0.2) is 77.7 Å². The molecule has 0 aliphatic heterocycles. The highest BCUT2D eigenvalue weighted by Gasteiger charge is 2.27. The lowest BCUT2D eigenvalue weighted by Crippen LogP contribution is -2.38. The molecule has 1 N–H and O–H groups in total. The molecule has 0 radical (unpaired) electrons. The summed E-state index contributed by atoms with van der Waals surface area (Å²) >= 11 is 12.0. The molecular formula is C20H15Cl2N3O5S. The lowest BCUT2D eigenvalue weighted by molar-refractivity contribution is -0.384. The SMILES string of the molecule is O=C(CN(c1ccc(Cl)c(Cl)c1)S(=O)(=O)c1ccccc1)Nc1cccc([N+](=O)[O-])c1. The van der Waals surface area contributed by atoms with Crippen LogP contribution in [0.1, 0.15) is 0 Å². The Labute approximate surface area is 188 Å². The number of sulfonamides is 1. The highest BCUT2D eigenvalue weighted by molar-refractivity contribution is 7.92. The van der Waals surface area contributed by atoms with Gasteiger partial charge < -0.3 is 5.32 Å². The van der Waals surface area contributed by atoms with E-state index < -0.39 is 27.4 Å². The molecule has 3 aromatic carbocycles. The van der Waals surface area contributed by atoms with Crippen LogP contribution in [0.4, 0.5) is 17.1 Å². The highest BCUT2D eigenvalue weighted by Crippen LogP contribution is 2.30. The second-order valence-corrected chi connectivity index (χ2v) is 8.96. The summed E-state index contributed by atoms with van der Waals surface area (Å²) in [5.74, 6) is -0.703. The summed E-state index contributed by atoms with van der Waals surface area (Å²) in [6.07, 6.45) is 0. The van der Waals surface area contributed by atoms with E-state index in [0.29, 0.717) is 0 Å². The Hall–Kier alpha value is -3.14. The molecule has 3 rings (SSSR count). The molecule has 31 heavy (non-hydrogen) atoms. The van der Waals surface area contributed by atoms with Crippen LogP contribution in [0.25, 0.3) is 0 Å². The first-order chi connectivity index (χ1) is 14.7. The van der Waals surface area contributed by atoms with Crippen LogP contribution in [0.2, 0.25) is 10.0 Å². The Morgan fingerprint density at radius 1 is 0.968 bits per heavy atom. The van der Waals surface area contributed by atoms with E-state index in [9.17, 15) is 23.3 Å². The van der Waals surface area contributed by atoms with Gasteiger partial charge in [0.2, 0.25) is 5.91 Å². The van der Waals surface area contributed by atoms with Gasteiger partial charge in [0.1, 0.15) is 6.54 Å². The summed E-state index contributed by atoms with van der Waals surface area (Å²) in [5, 5.41) is 13.8. The number of non-ortho nitro benzene ring substituents is 1. The average Bonchev–Trinajstić information content (AvgIpc) is 2.75. The van der Waals surface area contributed by atoms with E-state index in [0.717, 1.165) is 4.31 Å². The Kier molecular flexibility index (Phi) is 6.79. The Balaban J connectivity index is 1.95. The van der Waals surface area contributed by atoms with Gasteiger partial charge in [-0.1, -0.05) is 47.5 Å². The molecule has 0 fully saturated rings. The monoisotopic (exact) mass is 479 g/mol. The van der Waals surface area contributed by atoms with Crippen molar-refractivity contribution in [3.8, 4) is 0 Å². The van der Waals surface area contributed by atoms with Gasteiger partial charge in [-0.2, -0.15) is 0 Å². The van der Waals surface area contributed by atoms with Gasteiger partial charge in [-0.25, -0.2) is 8.42 Å². The fourth-order valence-electron chi connectivity index (χ4n) is 2.70. The van der Waals surface area contributed by atoms with E-state index in [1.807, 2.05) is 0 Å². The van der Waals surface area contributed by atoms with E-state index in [-0.39, 0.29) is 32.0 Å². The Morgan fingerprint density at radius 3 is 2.32 bits per heavy atom. The molecule has 0 aromatic heterocycles. The van der Waals surface area contributed by atoms with E-state index in [4.69, 9.17) is 23.2 Å². The van der Waals surface area contributed by atoms with Crippen LogP contribution >= 0.6 is 23.2 Å². The van der Waals surface area contributed by atoms with Crippen molar-refractivity contribution in [3.63, 3.8) is 0 Å². The number of rotatable bonds is 7. The Morgan fingerprint density at radius 2 is 1.68 bits per heavy atom. The van der Waals surface area contributed by atoms with Crippen LogP contribution in [0, 0.1) is 10.1 Å². The fraction of sp³-hybridized carbons (Fsp3) is 0.0500. The molecule has 3 aromatic rings. The molecule has 0 bridgehead atoms. The van der Waals surface area contributed by atoms with Crippen molar-refractivity contribution in [2.75, 3.05) is 16.2 Å². The third-order valence-electron chi connectivity index (χ3n) is 4.15. The van der Waals surface area contributed by atoms with Crippen molar-refractivity contribution in [1.82, 2.24) is 0 Å². The van der Waals surface area contributed by atoms with Gasteiger partial charge in [0.25, 0.3) is 15.7 Å². The summed E-state index contributed by atoms with van der Waals surface area (Å²) in [5.41, 5.74) is 0.0777. The summed E-state index contributed by atoms with van der Waals surface area (Å²) in [4.78, 5) is 23.0. The predicted octanol–water partition coefficient (Wildman–Crippen LogP) is 4.74. The topological polar surface area (TPSA) is 110 Å². The molecule has 160 valence electrons. The number of hydrogen-bond acceptors (Lipinski definition) is 5. The minimum atomic E-state index is -4.13. The largest absolute Gasteiger partial charge is 0.324 e. The van der Waals surface area contributed by atoms with E-state index in [1.165, 1.54) is 54.6 Å². The molecule has 11 heteroatoms. The van der Waals surface area contributed by atoms with Crippen LogP contribution in [0.5, 0.6) is 0 Å². The summed E-state index contributed by atoms with van der Waals surface area (Å²) < 4.78 is 27.4. The first-order valence-electron chi connectivity index (χ1n) is 8.75. The smallest absolute Gasteiger partial charge is 0.271 e. The number of benzene rings is 3. The van der Waals surface area contributed by atoms with Gasteiger partial charge in [0, 0.05) is 17.8 Å². The molecule has 0 unspecified atom stereocenters. The summed E-state index contributed by atoms with van der Waals surface area (Å²) in [6.45, 7) is -0.599. The standard InChI is InChI=1S/C20H15Cl2N3O5S/c21-18-10-9-15(12-19(18)22)24(31(29,30)17-7-2-1-3-8-17)13-20(26)23-14-5-4-6-16(11-14)25(27)28/h1-12H,13H2,(H,23,26). The maximum Gasteiger partial charge on any atom is 0.271 e. The third kappa shape index (κ3) is 5.32. The van der Waals surface area contributed by atoms with Gasteiger partial charge in [0.15, 0.2) is 0 Å². The lowest BCUT2D eigenvalue weighted by Gasteiger charge is -2.24. The van der Waals surface area contributed by atoms with Gasteiger partial charge in [-0.15, -0.1) is 0 Å². The number of amides is 1. The number of nitrogens with zero attached hydrogens (tertiary/aromatic N) is 2. The zero-order valence-electron chi connectivity index (χ0n) is 15.7. The van der Waals surface area contributed by atoms with Crippen LogP contribution in [-0.4, -0.2) is 25.8 Å². The summed E-state index contributed by atoms with van der Waals surface area (Å²) in [6, 6.07) is 17.1. The van der Waals surface area contributed by atoms with Crippen molar-refractivity contribution >= 4 is 56.2 Å². The van der Waals surface area contributed by atoms with Gasteiger partial charge in [0.05, 0.1) is 25.6 Å². The number of nitro groups is 1. The molecule has 0 spiro atoms. The molecule has 0 aliphatic rings. The molecular weight excluding hydrogens is 465 g/mol. The number of halogens is 2. The first-order valence-corrected chi connectivity index (χ1v) is 11.0. The Bertz CT molecular complexity index is 1240. The van der Waals surface area contributed by atoms with Crippen molar-refractivity contribution in [3.05, 3.63) is 93.0 Å². The minimum absolute atomic E-state index is 0.0239. The zero-order chi connectivity index (χ0) is 22.6. The number of nitro benzene ring substituents is 1. The molecule has 0 heterocycles. The summed E-state index contributed by atoms with van der Waals surface area (Å²) in [7, 11) is -4.13. The zero-order valence-corrected chi connectivity index (χ0v) is 18.1. The highest BCUT2D eigenvalue weighted by atomic mass is 35.5. The van der Waals surface area contributed by atoms with Crippen LogP contribution in [-0.2, 0) is 14.8 Å². The van der Waals surface area contributed by atoms with Crippen LogP contribution < -0.4 is 9.62 Å². The molecule has 0 atom stereocenters. The maximum atomic E-state index is 13.2.